The zero-order chi connectivity index (χ0) is 6.85. The summed E-state index contributed by atoms with van der Waals surface area (Å²) in [6.45, 7) is 2.53. The highest BCUT2D eigenvalue weighted by molar-refractivity contribution is 4.72. The van der Waals surface area contributed by atoms with Gasteiger partial charge in [0.2, 0.25) is 6.43 Å². The lowest BCUT2D eigenvalue weighted by Crippen LogP contribution is -2.17. The van der Waals surface area contributed by atoms with Crippen molar-refractivity contribution in [3.8, 4) is 0 Å². The van der Waals surface area contributed by atoms with Crippen LogP contribution in [0.4, 0.5) is 8.78 Å². The van der Waals surface area contributed by atoms with Crippen molar-refractivity contribution in [2.45, 2.75) is 13.3 Å². The summed E-state index contributed by atoms with van der Waals surface area (Å²) in [6.07, 6.45) is -2.21. The molecule has 2 unspecified atom stereocenters. The van der Waals surface area contributed by atoms with Crippen LogP contribution in [0.2, 0.25) is 0 Å². The highest BCUT2D eigenvalue weighted by Crippen LogP contribution is 2.25. The minimum absolute atomic E-state index is 0.0324. The lowest BCUT2D eigenvalue weighted by atomic mass is 9.99. The van der Waals surface area contributed by atoms with Crippen molar-refractivity contribution in [3.05, 3.63) is 0 Å². The third-order valence-electron chi connectivity index (χ3n) is 1.75. The number of rotatable bonds is 1. The first-order chi connectivity index (χ1) is 4.22. The molecule has 0 amide bonds. The van der Waals surface area contributed by atoms with E-state index in [1.165, 1.54) is 0 Å². The van der Waals surface area contributed by atoms with Gasteiger partial charge in [0.05, 0.1) is 6.61 Å². The van der Waals surface area contributed by atoms with Crippen LogP contribution in [-0.2, 0) is 4.74 Å². The maximum Gasteiger partial charge on any atom is 0.243 e. The van der Waals surface area contributed by atoms with Crippen molar-refractivity contribution < 1.29 is 13.5 Å². The summed E-state index contributed by atoms with van der Waals surface area (Å²) >= 11 is 0. The molecule has 1 nitrogen and oxygen atoms in total. The minimum atomic E-state index is -2.21. The van der Waals surface area contributed by atoms with Crippen molar-refractivity contribution in [3.63, 3.8) is 0 Å². The molecule has 0 aromatic rings. The molecule has 0 radical (unpaired) electrons. The second-order valence-electron chi connectivity index (χ2n) is 2.51. The van der Waals surface area contributed by atoms with E-state index in [0.717, 1.165) is 0 Å². The van der Waals surface area contributed by atoms with Gasteiger partial charge in [-0.1, -0.05) is 6.92 Å². The molecule has 1 fully saturated rings. The van der Waals surface area contributed by atoms with Gasteiger partial charge in [-0.15, -0.1) is 0 Å². The first-order valence-electron chi connectivity index (χ1n) is 3.07. The number of hydrogen-bond acceptors (Lipinski definition) is 1. The fraction of sp³-hybridized carbons (Fsp3) is 1.00. The molecule has 0 spiro atoms. The van der Waals surface area contributed by atoms with Crippen LogP contribution in [0, 0.1) is 11.8 Å². The topological polar surface area (TPSA) is 9.23 Å². The van der Waals surface area contributed by atoms with Crippen molar-refractivity contribution in [1.29, 1.82) is 0 Å². The van der Waals surface area contributed by atoms with Crippen LogP contribution in [0.1, 0.15) is 6.92 Å². The Morgan fingerprint density at radius 2 is 2.11 bits per heavy atom. The molecule has 3 heteroatoms. The molecule has 0 saturated carbocycles. The van der Waals surface area contributed by atoms with Crippen molar-refractivity contribution in [2.75, 3.05) is 13.2 Å². The van der Waals surface area contributed by atoms with E-state index in [2.05, 4.69) is 0 Å². The van der Waals surface area contributed by atoms with E-state index in [9.17, 15) is 8.78 Å². The second-order valence-corrected chi connectivity index (χ2v) is 2.51. The van der Waals surface area contributed by atoms with Crippen LogP contribution in [0.25, 0.3) is 0 Å². The van der Waals surface area contributed by atoms with Gasteiger partial charge in [-0.25, -0.2) is 8.78 Å². The fourth-order valence-electron chi connectivity index (χ4n) is 0.999. The average molecular weight is 136 g/mol. The lowest BCUT2D eigenvalue weighted by molar-refractivity contribution is 0.0562. The molecular formula is C6H10F2O. The Kier molecular flexibility index (Phi) is 2.01. The Morgan fingerprint density at radius 3 is 2.33 bits per heavy atom. The molecule has 1 aliphatic heterocycles. The van der Waals surface area contributed by atoms with E-state index in [1.54, 1.807) is 6.92 Å². The Hall–Kier alpha value is -0.180. The van der Waals surface area contributed by atoms with Gasteiger partial charge in [-0.3, -0.25) is 0 Å². The molecule has 1 rings (SSSR count). The zero-order valence-corrected chi connectivity index (χ0v) is 5.31. The first-order valence-corrected chi connectivity index (χ1v) is 3.07. The largest absolute Gasteiger partial charge is 0.381 e. The van der Waals surface area contributed by atoms with Crippen molar-refractivity contribution >= 4 is 0 Å². The molecule has 54 valence electrons. The van der Waals surface area contributed by atoms with E-state index in [4.69, 9.17) is 4.74 Å². The highest BCUT2D eigenvalue weighted by Gasteiger charge is 2.31. The van der Waals surface area contributed by atoms with Crippen LogP contribution >= 0.6 is 0 Å². The fourth-order valence-corrected chi connectivity index (χ4v) is 0.999. The van der Waals surface area contributed by atoms with Gasteiger partial charge in [0.1, 0.15) is 0 Å². The number of alkyl halides is 2. The van der Waals surface area contributed by atoms with Gasteiger partial charge in [0.15, 0.2) is 0 Å². The second kappa shape index (κ2) is 2.60. The van der Waals surface area contributed by atoms with Gasteiger partial charge in [-0.05, 0) is 5.92 Å². The lowest BCUT2D eigenvalue weighted by Gasteiger charge is -2.09. The summed E-state index contributed by atoms with van der Waals surface area (Å²) in [4.78, 5) is 0. The zero-order valence-electron chi connectivity index (χ0n) is 5.31. The molecule has 1 saturated heterocycles. The SMILES string of the molecule is CC1COCC1C(F)F. The van der Waals surface area contributed by atoms with E-state index < -0.39 is 12.3 Å². The van der Waals surface area contributed by atoms with Gasteiger partial charge in [0, 0.05) is 12.5 Å². The van der Waals surface area contributed by atoms with Crippen LogP contribution in [0.3, 0.4) is 0 Å². The smallest absolute Gasteiger partial charge is 0.243 e. The molecule has 1 aliphatic rings. The summed E-state index contributed by atoms with van der Waals surface area (Å²) in [6, 6.07) is 0. The predicted molar refractivity (Wildman–Crippen MR) is 29.5 cm³/mol. The Labute approximate surface area is 53.0 Å². The summed E-state index contributed by atoms with van der Waals surface area (Å²) < 4.78 is 28.7. The molecule has 2 atom stereocenters. The minimum Gasteiger partial charge on any atom is -0.381 e. The maximum atomic E-state index is 11.9. The maximum absolute atomic E-state index is 11.9. The summed E-state index contributed by atoms with van der Waals surface area (Å²) in [5.41, 5.74) is 0. The highest BCUT2D eigenvalue weighted by atomic mass is 19.3. The van der Waals surface area contributed by atoms with Gasteiger partial charge in [0.25, 0.3) is 0 Å². The van der Waals surface area contributed by atoms with E-state index in [1.807, 2.05) is 0 Å². The van der Waals surface area contributed by atoms with Crippen molar-refractivity contribution in [1.82, 2.24) is 0 Å². The van der Waals surface area contributed by atoms with E-state index >= 15 is 0 Å². The molecule has 0 aliphatic carbocycles. The Bertz CT molecular complexity index is 95.1. The Morgan fingerprint density at radius 1 is 1.44 bits per heavy atom. The van der Waals surface area contributed by atoms with E-state index in [-0.39, 0.29) is 12.5 Å². The normalized spacial score (nSPS) is 36.0. The third-order valence-corrected chi connectivity index (χ3v) is 1.75. The number of ether oxygens (including phenoxy) is 1. The molecule has 9 heavy (non-hydrogen) atoms. The van der Waals surface area contributed by atoms with Crippen LogP contribution < -0.4 is 0 Å². The molecule has 0 N–H and O–H groups in total. The van der Waals surface area contributed by atoms with Crippen LogP contribution in [-0.4, -0.2) is 19.6 Å². The first kappa shape index (κ1) is 6.93. The molecule has 0 bridgehead atoms. The predicted octanol–water partition coefficient (Wildman–Crippen LogP) is 1.53. The number of hydrogen-bond donors (Lipinski definition) is 0. The van der Waals surface area contributed by atoms with Crippen LogP contribution in [0.5, 0.6) is 0 Å². The molecule has 1 heterocycles. The molecule has 0 aromatic heterocycles. The average Bonchev–Trinajstić information content (AvgIpc) is 2.13. The summed E-state index contributed by atoms with van der Waals surface area (Å²) in [5.74, 6) is -0.491. The summed E-state index contributed by atoms with van der Waals surface area (Å²) in [5, 5.41) is 0. The van der Waals surface area contributed by atoms with Crippen molar-refractivity contribution in [2.24, 2.45) is 11.8 Å². The quantitative estimate of drug-likeness (QED) is 0.531. The molecular weight excluding hydrogens is 126 g/mol. The van der Waals surface area contributed by atoms with Gasteiger partial charge >= 0.3 is 0 Å². The van der Waals surface area contributed by atoms with Gasteiger partial charge in [-0.2, -0.15) is 0 Å². The van der Waals surface area contributed by atoms with Gasteiger partial charge < -0.3 is 4.74 Å². The molecule has 0 aromatic carbocycles. The Balaban J connectivity index is 2.40. The van der Waals surface area contributed by atoms with E-state index in [0.29, 0.717) is 6.61 Å². The monoisotopic (exact) mass is 136 g/mol. The standard InChI is InChI=1S/C6H10F2O/c1-4-2-9-3-5(4)6(7)8/h4-6H,2-3H2,1H3. The third kappa shape index (κ3) is 1.39. The number of halogens is 2. The van der Waals surface area contributed by atoms with Crippen LogP contribution in [0.15, 0.2) is 0 Å². The summed E-state index contributed by atoms with van der Waals surface area (Å²) in [7, 11) is 0.